The van der Waals surface area contributed by atoms with Crippen LogP contribution in [0.1, 0.15) is 36.0 Å². The molecule has 1 amide bonds. The highest BCUT2D eigenvalue weighted by Crippen LogP contribution is 2.23. The predicted octanol–water partition coefficient (Wildman–Crippen LogP) is 1.22. The molecule has 1 saturated carbocycles. The van der Waals surface area contributed by atoms with E-state index in [9.17, 15) is 9.90 Å². The van der Waals surface area contributed by atoms with E-state index in [2.05, 4.69) is 4.98 Å². The van der Waals surface area contributed by atoms with E-state index >= 15 is 0 Å². The molecule has 5 nitrogen and oxygen atoms in total. The minimum atomic E-state index is -0.375. The zero-order valence-corrected chi connectivity index (χ0v) is 10.8. The van der Waals surface area contributed by atoms with E-state index in [-0.39, 0.29) is 18.1 Å². The SMILES string of the molecule is O=C(c1ccnc(OC2CCCC2)c1)N1CC(O)C1. The summed E-state index contributed by atoms with van der Waals surface area (Å²) in [5.74, 6) is 0.461. The lowest BCUT2D eigenvalue weighted by Crippen LogP contribution is -2.53. The molecule has 0 unspecified atom stereocenters. The van der Waals surface area contributed by atoms with E-state index in [1.807, 2.05) is 0 Å². The summed E-state index contributed by atoms with van der Waals surface area (Å²) in [6.07, 6.45) is 6.01. The highest BCUT2D eigenvalue weighted by atomic mass is 16.5. The number of hydrogen-bond donors (Lipinski definition) is 1. The molecular formula is C14H18N2O3. The van der Waals surface area contributed by atoms with Crippen molar-refractivity contribution in [1.82, 2.24) is 9.88 Å². The van der Waals surface area contributed by atoms with E-state index in [4.69, 9.17) is 4.74 Å². The first-order valence-corrected chi connectivity index (χ1v) is 6.82. The molecule has 0 radical (unpaired) electrons. The van der Waals surface area contributed by atoms with Gasteiger partial charge in [-0.15, -0.1) is 0 Å². The number of hydrogen-bond acceptors (Lipinski definition) is 4. The van der Waals surface area contributed by atoms with E-state index in [1.165, 1.54) is 12.8 Å². The summed E-state index contributed by atoms with van der Waals surface area (Å²) >= 11 is 0. The van der Waals surface area contributed by atoms with E-state index < -0.39 is 0 Å². The van der Waals surface area contributed by atoms with Gasteiger partial charge in [-0.05, 0) is 31.7 Å². The summed E-state index contributed by atoms with van der Waals surface area (Å²) in [6.45, 7) is 0.833. The Morgan fingerprint density at radius 3 is 2.79 bits per heavy atom. The molecule has 102 valence electrons. The molecule has 1 saturated heterocycles. The monoisotopic (exact) mass is 262 g/mol. The van der Waals surface area contributed by atoms with Crippen molar-refractivity contribution in [3.63, 3.8) is 0 Å². The topological polar surface area (TPSA) is 62.7 Å². The second kappa shape index (κ2) is 5.17. The largest absolute Gasteiger partial charge is 0.474 e. The number of carbonyl (C=O) groups is 1. The molecule has 0 aromatic carbocycles. The summed E-state index contributed by atoms with van der Waals surface area (Å²) in [6, 6.07) is 3.39. The number of β-amino-alcohol motifs (C(OH)–C–C–N with tert-alkyl or cyclic N) is 1. The van der Waals surface area contributed by atoms with Gasteiger partial charge in [-0.1, -0.05) is 0 Å². The molecule has 0 atom stereocenters. The van der Waals surface area contributed by atoms with Gasteiger partial charge in [0.15, 0.2) is 0 Å². The quantitative estimate of drug-likeness (QED) is 0.889. The van der Waals surface area contributed by atoms with E-state index in [0.29, 0.717) is 24.5 Å². The van der Waals surface area contributed by atoms with Crippen LogP contribution in [0.4, 0.5) is 0 Å². The van der Waals surface area contributed by atoms with Crippen molar-refractivity contribution in [3.05, 3.63) is 23.9 Å². The van der Waals surface area contributed by atoms with Crippen LogP contribution >= 0.6 is 0 Å². The van der Waals surface area contributed by atoms with Gasteiger partial charge in [-0.2, -0.15) is 0 Å². The molecule has 3 rings (SSSR count). The van der Waals surface area contributed by atoms with Crippen molar-refractivity contribution in [2.75, 3.05) is 13.1 Å². The maximum Gasteiger partial charge on any atom is 0.254 e. The minimum Gasteiger partial charge on any atom is -0.474 e. The van der Waals surface area contributed by atoms with Crippen LogP contribution in [-0.2, 0) is 0 Å². The van der Waals surface area contributed by atoms with Gasteiger partial charge in [0.2, 0.25) is 5.88 Å². The Hall–Kier alpha value is -1.62. The van der Waals surface area contributed by atoms with Crippen LogP contribution in [0.5, 0.6) is 5.88 Å². The molecule has 0 bridgehead atoms. The molecule has 1 aliphatic heterocycles. The lowest BCUT2D eigenvalue weighted by molar-refractivity contribution is 0.00585. The van der Waals surface area contributed by atoms with Gasteiger partial charge in [0.1, 0.15) is 6.10 Å². The number of aliphatic hydroxyl groups excluding tert-OH is 1. The molecule has 2 aliphatic rings. The Labute approximate surface area is 112 Å². The summed E-state index contributed by atoms with van der Waals surface area (Å²) in [7, 11) is 0. The standard InChI is InChI=1S/C14H18N2O3/c17-11-8-16(9-11)14(18)10-5-6-15-13(7-10)19-12-3-1-2-4-12/h5-7,11-12,17H,1-4,8-9H2. The molecule has 0 spiro atoms. The van der Waals surface area contributed by atoms with Crippen LogP contribution in [0, 0.1) is 0 Å². The third-order valence-electron chi connectivity index (χ3n) is 3.72. The van der Waals surface area contributed by atoms with E-state index in [1.54, 1.807) is 23.2 Å². The molecule has 1 N–H and O–H groups in total. The number of carbonyl (C=O) groups excluding carboxylic acids is 1. The Kier molecular flexibility index (Phi) is 3.38. The van der Waals surface area contributed by atoms with Gasteiger partial charge >= 0.3 is 0 Å². The van der Waals surface area contributed by atoms with Crippen molar-refractivity contribution >= 4 is 5.91 Å². The zero-order chi connectivity index (χ0) is 13.2. The molecule has 2 fully saturated rings. The summed E-state index contributed by atoms with van der Waals surface area (Å²) in [5.41, 5.74) is 0.579. The third kappa shape index (κ3) is 2.71. The number of aliphatic hydroxyl groups is 1. The smallest absolute Gasteiger partial charge is 0.254 e. The van der Waals surface area contributed by atoms with Crippen LogP contribution in [0.15, 0.2) is 18.3 Å². The number of rotatable bonds is 3. The fourth-order valence-corrected chi connectivity index (χ4v) is 2.59. The van der Waals surface area contributed by atoms with Crippen molar-refractivity contribution in [3.8, 4) is 5.88 Å². The zero-order valence-electron chi connectivity index (χ0n) is 10.8. The first kappa shape index (κ1) is 12.4. The fourth-order valence-electron chi connectivity index (χ4n) is 2.59. The van der Waals surface area contributed by atoms with Gasteiger partial charge in [-0.3, -0.25) is 4.79 Å². The highest BCUT2D eigenvalue weighted by molar-refractivity contribution is 5.95. The molecule has 2 heterocycles. The lowest BCUT2D eigenvalue weighted by atomic mass is 10.1. The number of ether oxygens (including phenoxy) is 1. The Morgan fingerprint density at radius 1 is 1.37 bits per heavy atom. The van der Waals surface area contributed by atoms with Gasteiger partial charge in [0.05, 0.1) is 6.10 Å². The molecule has 1 aliphatic carbocycles. The number of pyridine rings is 1. The Balaban J connectivity index is 1.67. The number of amides is 1. The predicted molar refractivity (Wildman–Crippen MR) is 69.0 cm³/mol. The highest BCUT2D eigenvalue weighted by Gasteiger charge is 2.29. The van der Waals surface area contributed by atoms with Crippen LogP contribution < -0.4 is 4.74 Å². The second-order valence-electron chi connectivity index (χ2n) is 5.27. The van der Waals surface area contributed by atoms with Crippen LogP contribution in [0.2, 0.25) is 0 Å². The molecular weight excluding hydrogens is 244 g/mol. The van der Waals surface area contributed by atoms with Gasteiger partial charge in [0, 0.05) is 30.9 Å². The average Bonchev–Trinajstić information content (AvgIpc) is 2.87. The maximum absolute atomic E-state index is 12.1. The van der Waals surface area contributed by atoms with Gasteiger partial charge in [0.25, 0.3) is 5.91 Å². The minimum absolute atomic E-state index is 0.0658. The fraction of sp³-hybridized carbons (Fsp3) is 0.571. The van der Waals surface area contributed by atoms with Crippen molar-refractivity contribution in [1.29, 1.82) is 0 Å². The first-order valence-electron chi connectivity index (χ1n) is 6.82. The number of aromatic nitrogens is 1. The summed E-state index contributed by atoms with van der Waals surface area (Å²) in [4.78, 5) is 17.9. The number of nitrogens with zero attached hydrogens (tertiary/aromatic N) is 2. The van der Waals surface area contributed by atoms with Crippen molar-refractivity contribution in [2.24, 2.45) is 0 Å². The molecule has 19 heavy (non-hydrogen) atoms. The van der Waals surface area contributed by atoms with E-state index in [0.717, 1.165) is 12.8 Å². The summed E-state index contributed by atoms with van der Waals surface area (Å²) < 4.78 is 5.79. The second-order valence-corrected chi connectivity index (χ2v) is 5.27. The normalized spacial score (nSPS) is 20.4. The third-order valence-corrected chi connectivity index (χ3v) is 3.72. The van der Waals surface area contributed by atoms with Crippen LogP contribution in [0.3, 0.4) is 0 Å². The van der Waals surface area contributed by atoms with Crippen molar-refractivity contribution in [2.45, 2.75) is 37.9 Å². The molecule has 1 aromatic rings. The Morgan fingerprint density at radius 2 is 2.11 bits per heavy atom. The van der Waals surface area contributed by atoms with Gasteiger partial charge in [-0.25, -0.2) is 4.98 Å². The summed E-state index contributed by atoms with van der Waals surface area (Å²) in [5, 5.41) is 9.23. The number of likely N-dealkylation sites (tertiary alicyclic amines) is 1. The van der Waals surface area contributed by atoms with Crippen LogP contribution in [-0.4, -0.2) is 46.2 Å². The lowest BCUT2D eigenvalue weighted by Gasteiger charge is -2.35. The molecule has 1 aromatic heterocycles. The Bertz CT molecular complexity index is 466. The average molecular weight is 262 g/mol. The first-order chi connectivity index (χ1) is 9.22. The molecule has 5 heteroatoms. The van der Waals surface area contributed by atoms with Gasteiger partial charge < -0.3 is 14.7 Å². The van der Waals surface area contributed by atoms with Crippen molar-refractivity contribution < 1.29 is 14.6 Å². The van der Waals surface area contributed by atoms with Crippen LogP contribution in [0.25, 0.3) is 0 Å². The maximum atomic E-state index is 12.1.